The Kier molecular flexibility index (Phi) is 2.93. The number of carbonyl (C=O) groups is 1. The van der Waals surface area contributed by atoms with Crippen molar-refractivity contribution in [3.63, 3.8) is 0 Å². The SMILES string of the molecule is CC(=O)c1cc(F)ccc1-n1cnc2c1CCCC2. The number of ketones is 1. The molecule has 0 unspecified atom stereocenters. The minimum atomic E-state index is -0.386. The maximum absolute atomic E-state index is 13.3. The van der Waals surface area contributed by atoms with Gasteiger partial charge in [0.1, 0.15) is 5.82 Å². The number of hydrogen-bond donors (Lipinski definition) is 0. The zero-order chi connectivity index (χ0) is 13.4. The van der Waals surface area contributed by atoms with Gasteiger partial charge in [-0.2, -0.15) is 0 Å². The van der Waals surface area contributed by atoms with Gasteiger partial charge in [0.15, 0.2) is 5.78 Å². The first-order valence-electron chi connectivity index (χ1n) is 6.53. The summed E-state index contributed by atoms with van der Waals surface area (Å²) in [7, 11) is 0. The van der Waals surface area contributed by atoms with Crippen molar-refractivity contribution in [1.29, 1.82) is 0 Å². The van der Waals surface area contributed by atoms with Crippen molar-refractivity contribution < 1.29 is 9.18 Å². The number of aromatic nitrogens is 2. The van der Waals surface area contributed by atoms with E-state index < -0.39 is 0 Å². The predicted molar refractivity (Wildman–Crippen MR) is 70.2 cm³/mol. The Morgan fingerprint density at radius 1 is 1.32 bits per heavy atom. The van der Waals surface area contributed by atoms with Crippen LogP contribution in [0.4, 0.5) is 4.39 Å². The summed E-state index contributed by atoms with van der Waals surface area (Å²) in [6.07, 6.45) is 5.99. The second-order valence-corrected chi connectivity index (χ2v) is 4.93. The van der Waals surface area contributed by atoms with Crippen LogP contribution in [-0.2, 0) is 12.8 Å². The van der Waals surface area contributed by atoms with Crippen LogP contribution in [-0.4, -0.2) is 15.3 Å². The number of rotatable bonds is 2. The fourth-order valence-electron chi connectivity index (χ4n) is 2.68. The van der Waals surface area contributed by atoms with Gasteiger partial charge < -0.3 is 4.57 Å². The minimum absolute atomic E-state index is 0.132. The quantitative estimate of drug-likeness (QED) is 0.776. The molecule has 1 aromatic heterocycles. The number of aryl methyl sites for hydroxylation is 1. The molecule has 0 aliphatic heterocycles. The lowest BCUT2D eigenvalue weighted by Gasteiger charge is -2.15. The number of carbonyl (C=O) groups excluding carboxylic acids is 1. The van der Waals surface area contributed by atoms with E-state index in [-0.39, 0.29) is 11.6 Å². The topological polar surface area (TPSA) is 34.9 Å². The van der Waals surface area contributed by atoms with Crippen LogP contribution in [0.5, 0.6) is 0 Å². The lowest BCUT2D eigenvalue weighted by molar-refractivity contribution is 0.101. The van der Waals surface area contributed by atoms with E-state index >= 15 is 0 Å². The third-order valence-electron chi connectivity index (χ3n) is 3.63. The smallest absolute Gasteiger partial charge is 0.162 e. The van der Waals surface area contributed by atoms with Gasteiger partial charge in [-0.25, -0.2) is 9.37 Å². The summed E-state index contributed by atoms with van der Waals surface area (Å²) in [5.74, 6) is -0.518. The summed E-state index contributed by atoms with van der Waals surface area (Å²) in [5.41, 5.74) is 3.39. The van der Waals surface area contributed by atoms with E-state index in [2.05, 4.69) is 4.98 Å². The molecular formula is C15H15FN2O. The molecule has 1 aliphatic carbocycles. The van der Waals surface area contributed by atoms with E-state index in [1.807, 2.05) is 4.57 Å². The van der Waals surface area contributed by atoms with Crippen LogP contribution in [0, 0.1) is 5.82 Å². The molecule has 1 heterocycles. The van der Waals surface area contributed by atoms with Gasteiger partial charge in [-0.1, -0.05) is 0 Å². The summed E-state index contributed by atoms with van der Waals surface area (Å²) in [4.78, 5) is 16.1. The Bertz CT molecular complexity index is 646. The van der Waals surface area contributed by atoms with E-state index in [1.165, 1.54) is 19.1 Å². The second-order valence-electron chi connectivity index (χ2n) is 4.93. The average molecular weight is 258 g/mol. The van der Waals surface area contributed by atoms with Gasteiger partial charge in [-0.3, -0.25) is 4.79 Å². The first-order chi connectivity index (χ1) is 9.16. The molecule has 0 saturated carbocycles. The van der Waals surface area contributed by atoms with Crippen LogP contribution in [0.2, 0.25) is 0 Å². The normalized spacial score (nSPS) is 14.2. The highest BCUT2D eigenvalue weighted by atomic mass is 19.1. The first kappa shape index (κ1) is 12.1. The fraction of sp³-hybridized carbons (Fsp3) is 0.333. The Morgan fingerprint density at radius 2 is 2.11 bits per heavy atom. The van der Waals surface area contributed by atoms with Gasteiger partial charge in [0.25, 0.3) is 0 Å². The van der Waals surface area contributed by atoms with Crippen molar-refractivity contribution in [3.8, 4) is 5.69 Å². The van der Waals surface area contributed by atoms with Crippen molar-refractivity contribution >= 4 is 5.78 Å². The van der Waals surface area contributed by atoms with Gasteiger partial charge in [-0.15, -0.1) is 0 Å². The van der Waals surface area contributed by atoms with E-state index in [1.54, 1.807) is 12.4 Å². The van der Waals surface area contributed by atoms with Crippen molar-refractivity contribution in [2.45, 2.75) is 32.6 Å². The van der Waals surface area contributed by atoms with Crippen molar-refractivity contribution in [1.82, 2.24) is 9.55 Å². The third-order valence-corrected chi connectivity index (χ3v) is 3.63. The monoisotopic (exact) mass is 258 g/mol. The maximum Gasteiger partial charge on any atom is 0.162 e. The zero-order valence-corrected chi connectivity index (χ0v) is 10.8. The molecule has 1 aliphatic rings. The maximum atomic E-state index is 13.3. The summed E-state index contributed by atoms with van der Waals surface area (Å²) in [5, 5.41) is 0. The Balaban J connectivity index is 2.17. The average Bonchev–Trinajstić information content (AvgIpc) is 2.82. The second kappa shape index (κ2) is 4.61. The van der Waals surface area contributed by atoms with E-state index in [0.717, 1.165) is 42.8 Å². The highest BCUT2D eigenvalue weighted by Crippen LogP contribution is 2.25. The summed E-state index contributed by atoms with van der Waals surface area (Å²) < 4.78 is 15.2. The van der Waals surface area contributed by atoms with Crippen LogP contribution in [0.1, 0.15) is 41.5 Å². The fourth-order valence-corrected chi connectivity index (χ4v) is 2.68. The molecule has 3 nitrogen and oxygen atoms in total. The number of Topliss-reactive ketones (excluding diaryl/α,β-unsaturated/α-hetero) is 1. The highest BCUT2D eigenvalue weighted by molar-refractivity contribution is 5.97. The first-order valence-corrected chi connectivity index (χ1v) is 6.53. The third kappa shape index (κ3) is 2.07. The number of nitrogens with zero attached hydrogens (tertiary/aromatic N) is 2. The number of benzene rings is 1. The van der Waals surface area contributed by atoms with Gasteiger partial charge in [0.2, 0.25) is 0 Å². The van der Waals surface area contributed by atoms with Crippen LogP contribution in [0.15, 0.2) is 24.5 Å². The molecule has 2 aromatic rings. The van der Waals surface area contributed by atoms with E-state index in [4.69, 9.17) is 0 Å². The molecule has 0 spiro atoms. The molecule has 0 saturated heterocycles. The van der Waals surface area contributed by atoms with Gasteiger partial charge >= 0.3 is 0 Å². The van der Waals surface area contributed by atoms with Gasteiger partial charge in [0.05, 0.1) is 17.7 Å². The van der Waals surface area contributed by atoms with Crippen LogP contribution >= 0.6 is 0 Å². The van der Waals surface area contributed by atoms with Gasteiger partial charge in [-0.05, 0) is 50.8 Å². The molecule has 4 heteroatoms. The van der Waals surface area contributed by atoms with Gasteiger partial charge in [0, 0.05) is 11.3 Å². The minimum Gasteiger partial charge on any atom is -0.302 e. The largest absolute Gasteiger partial charge is 0.302 e. The highest BCUT2D eigenvalue weighted by Gasteiger charge is 2.19. The number of imidazole rings is 1. The number of halogens is 1. The van der Waals surface area contributed by atoms with Crippen molar-refractivity contribution in [2.75, 3.05) is 0 Å². The molecule has 0 fully saturated rings. The molecule has 0 N–H and O–H groups in total. The lowest BCUT2D eigenvalue weighted by atomic mass is 10.0. The molecule has 0 atom stereocenters. The number of hydrogen-bond acceptors (Lipinski definition) is 2. The van der Waals surface area contributed by atoms with Crippen LogP contribution in [0.25, 0.3) is 5.69 Å². The molecular weight excluding hydrogens is 243 g/mol. The molecule has 0 bridgehead atoms. The van der Waals surface area contributed by atoms with Crippen molar-refractivity contribution in [2.24, 2.45) is 0 Å². The lowest BCUT2D eigenvalue weighted by Crippen LogP contribution is -2.10. The summed E-state index contributed by atoms with van der Waals surface area (Å²) in [6, 6.07) is 4.34. The Morgan fingerprint density at radius 3 is 2.89 bits per heavy atom. The predicted octanol–water partition coefficient (Wildman–Crippen LogP) is 3.09. The van der Waals surface area contributed by atoms with Crippen LogP contribution in [0.3, 0.4) is 0 Å². The van der Waals surface area contributed by atoms with Crippen LogP contribution < -0.4 is 0 Å². The summed E-state index contributed by atoms with van der Waals surface area (Å²) in [6.45, 7) is 1.46. The zero-order valence-electron chi connectivity index (χ0n) is 10.8. The molecule has 0 amide bonds. The van der Waals surface area contributed by atoms with Crippen molar-refractivity contribution in [3.05, 3.63) is 47.3 Å². The van der Waals surface area contributed by atoms with E-state index in [0.29, 0.717) is 5.56 Å². The number of fused-ring (bicyclic) bond motifs is 1. The summed E-state index contributed by atoms with van der Waals surface area (Å²) >= 11 is 0. The molecule has 19 heavy (non-hydrogen) atoms. The van der Waals surface area contributed by atoms with E-state index in [9.17, 15) is 9.18 Å². The molecule has 0 radical (unpaired) electrons. The Hall–Kier alpha value is -1.97. The molecule has 3 rings (SSSR count). The molecule has 1 aromatic carbocycles. The molecule has 98 valence electrons. The standard InChI is InChI=1S/C15H15FN2O/c1-10(19)12-8-11(16)6-7-14(12)18-9-17-13-4-2-3-5-15(13)18/h6-9H,2-5H2,1H3. The Labute approximate surface area is 111 Å².